The lowest BCUT2D eigenvalue weighted by Gasteiger charge is -2.28. The normalized spacial score (nSPS) is 15.1. The molecule has 0 aromatic carbocycles. The zero-order valence-electron chi connectivity index (χ0n) is 19.7. The smallest absolute Gasteiger partial charge is 0.427 e. The fourth-order valence-electron chi connectivity index (χ4n) is 2.67. The maximum absolute atomic E-state index is 10.7. The van der Waals surface area contributed by atoms with E-state index in [4.69, 9.17) is 9.47 Å². The number of carbonyl (C=O) groups is 1. The van der Waals surface area contributed by atoms with E-state index in [1.165, 1.54) is 58.8 Å². The summed E-state index contributed by atoms with van der Waals surface area (Å²) in [4.78, 5) is 10.7. The predicted octanol–water partition coefficient (Wildman–Crippen LogP) is 2.66. The molecule has 1 heterocycles. The molecule has 10 heteroatoms. The molecule has 0 saturated carbocycles. The van der Waals surface area contributed by atoms with E-state index in [0.717, 1.165) is 30.1 Å². The standard InChI is InChI=1S/C17H36NO3.C4H5NO4S/c1-5-6-7-8-9-10-11-12-14-20-16-18(3,4)13-15-21-17(2)19;1-3-2-4(6)5-10(7,8)9-3/h5-16H2,1-4H3;2H,1H3,(H,5,6)/q+1;/p-1. The third kappa shape index (κ3) is 18.8. The van der Waals surface area contributed by atoms with Crippen LogP contribution in [0.3, 0.4) is 0 Å². The Balaban J connectivity index is 0.000000743. The van der Waals surface area contributed by atoms with Gasteiger partial charge in [0.15, 0.2) is 6.73 Å². The van der Waals surface area contributed by atoms with E-state index in [0.29, 0.717) is 13.3 Å². The molecule has 0 N–H and O–H groups in total. The average Bonchev–Trinajstić information content (AvgIpc) is 2.61. The van der Waals surface area contributed by atoms with Crippen LogP contribution in [0.5, 0.6) is 0 Å². The predicted molar refractivity (Wildman–Crippen MR) is 118 cm³/mol. The Hall–Kier alpha value is -1.65. The van der Waals surface area contributed by atoms with Crippen LogP contribution in [0.25, 0.3) is 0 Å². The topological polar surface area (TPSA) is 114 Å². The van der Waals surface area contributed by atoms with Crippen LogP contribution in [0.1, 0.15) is 72.1 Å². The van der Waals surface area contributed by atoms with Crippen LogP contribution in [0.15, 0.2) is 16.2 Å². The second kappa shape index (κ2) is 16.0. The lowest BCUT2D eigenvalue weighted by Crippen LogP contribution is -2.44. The first kappa shape index (κ1) is 29.4. The van der Waals surface area contributed by atoms with Crippen LogP contribution in [0.4, 0.5) is 0 Å². The Bertz CT molecular complexity index is 673. The molecule has 1 rings (SSSR count). The largest absolute Gasteiger partial charge is 0.858 e. The minimum absolute atomic E-state index is 0.0417. The van der Waals surface area contributed by atoms with Crippen molar-refractivity contribution >= 4 is 22.2 Å². The zero-order valence-corrected chi connectivity index (χ0v) is 20.5. The number of allylic oxidation sites excluding steroid dienone is 1. The number of likely N-dealkylation sites (N-methyl/N-ethyl adjacent to an activating group) is 1. The second-order valence-corrected chi connectivity index (χ2v) is 9.41. The van der Waals surface area contributed by atoms with Gasteiger partial charge < -0.3 is 23.2 Å². The highest BCUT2D eigenvalue weighted by molar-refractivity contribution is 7.85. The van der Waals surface area contributed by atoms with E-state index in [9.17, 15) is 18.3 Å². The van der Waals surface area contributed by atoms with Gasteiger partial charge in [-0.15, -0.1) is 4.40 Å². The fourth-order valence-corrected chi connectivity index (χ4v) is 3.36. The van der Waals surface area contributed by atoms with E-state index < -0.39 is 16.2 Å². The molecule has 1 aliphatic rings. The molecule has 0 bridgehead atoms. The van der Waals surface area contributed by atoms with Gasteiger partial charge in [-0.1, -0.05) is 51.9 Å². The summed E-state index contributed by atoms with van der Waals surface area (Å²) < 4.78 is 39.2. The van der Waals surface area contributed by atoms with Crippen molar-refractivity contribution in [1.29, 1.82) is 0 Å². The zero-order chi connectivity index (χ0) is 23.8. The number of rotatable bonds is 14. The molecule has 0 aromatic rings. The number of nitrogens with zero attached hydrogens (tertiary/aromatic N) is 2. The first-order chi connectivity index (χ1) is 14.5. The lowest BCUT2D eigenvalue weighted by molar-refractivity contribution is -0.909. The number of quaternary nitrogens is 1. The van der Waals surface area contributed by atoms with Crippen molar-refractivity contribution in [3.8, 4) is 0 Å². The number of unbranched alkanes of at least 4 members (excludes halogenated alkanes) is 7. The molecular weight excluding hydrogens is 424 g/mol. The number of esters is 1. The van der Waals surface area contributed by atoms with Gasteiger partial charge in [-0.05, 0) is 19.4 Å². The molecule has 9 nitrogen and oxygen atoms in total. The molecule has 0 fully saturated rings. The van der Waals surface area contributed by atoms with Crippen LogP contribution < -0.4 is 5.11 Å². The summed E-state index contributed by atoms with van der Waals surface area (Å²) in [5.41, 5.74) is 0. The van der Waals surface area contributed by atoms with Gasteiger partial charge in [0.25, 0.3) is 0 Å². The molecule has 0 saturated heterocycles. The van der Waals surface area contributed by atoms with Crippen LogP contribution >= 0.6 is 0 Å². The van der Waals surface area contributed by atoms with Crippen molar-refractivity contribution < 1.29 is 36.5 Å². The number of hydrogen-bond donors (Lipinski definition) is 0. The van der Waals surface area contributed by atoms with E-state index in [1.54, 1.807) is 0 Å². The average molecular weight is 465 g/mol. The molecule has 0 atom stereocenters. The second-order valence-electron chi connectivity index (χ2n) is 8.21. The number of hydrogen-bond acceptors (Lipinski definition) is 7. The van der Waals surface area contributed by atoms with Crippen LogP contribution in [0.2, 0.25) is 0 Å². The maximum Gasteiger partial charge on any atom is 0.427 e. The van der Waals surface area contributed by atoms with Crippen molar-refractivity contribution in [3.63, 3.8) is 0 Å². The Labute approximate surface area is 187 Å². The van der Waals surface area contributed by atoms with Crippen molar-refractivity contribution in [2.45, 2.75) is 72.1 Å². The molecule has 0 aromatic heterocycles. The minimum Gasteiger partial charge on any atom is -0.858 e. The Kier molecular flexibility index (Phi) is 15.2. The summed E-state index contributed by atoms with van der Waals surface area (Å²) in [6.45, 7) is 7.83. The van der Waals surface area contributed by atoms with Gasteiger partial charge in [0.1, 0.15) is 18.9 Å². The van der Waals surface area contributed by atoms with Gasteiger partial charge in [0.2, 0.25) is 0 Å². The molecule has 0 amide bonds. The molecule has 0 spiro atoms. The summed E-state index contributed by atoms with van der Waals surface area (Å²) in [6.07, 6.45) is 11.6. The molecule has 0 aliphatic carbocycles. The fraction of sp³-hybridized carbons (Fsp3) is 0.810. The lowest BCUT2D eigenvalue weighted by atomic mass is 10.1. The third-order valence-electron chi connectivity index (χ3n) is 4.35. The molecule has 31 heavy (non-hydrogen) atoms. The van der Waals surface area contributed by atoms with Gasteiger partial charge in [0, 0.05) is 12.8 Å². The molecular formula is C21H40N2O7S. The molecule has 0 unspecified atom stereocenters. The summed E-state index contributed by atoms with van der Waals surface area (Å²) >= 11 is 0. The summed E-state index contributed by atoms with van der Waals surface area (Å²) in [5, 5.41) is 10.4. The number of carbonyl (C=O) groups excluding carboxylic acids is 1. The minimum atomic E-state index is -3.97. The summed E-state index contributed by atoms with van der Waals surface area (Å²) in [7, 11) is 0.215. The first-order valence-corrected chi connectivity index (χ1v) is 12.3. The Morgan fingerprint density at radius 2 is 1.68 bits per heavy atom. The van der Waals surface area contributed by atoms with Crippen molar-refractivity contribution in [2.24, 2.45) is 4.40 Å². The van der Waals surface area contributed by atoms with Gasteiger partial charge in [-0.3, -0.25) is 4.79 Å². The SMILES string of the molecule is CC1=CC([O-])=NS(=O)(=O)O1.CCCCCCCCCCOC[N+](C)(C)CCOC(C)=O. The van der Waals surface area contributed by atoms with Gasteiger partial charge in [-0.25, -0.2) is 0 Å². The van der Waals surface area contributed by atoms with Crippen LogP contribution in [-0.4, -0.2) is 65.4 Å². The number of ether oxygens (including phenoxy) is 2. The first-order valence-electron chi connectivity index (χ1n) is 10.9. The van der Waals surface area contributed by atoms with Crippen molar-refractivity contribution in [1.82, 2.24) is 0 Å². The van der Waals surface area contributed by atoms with Crippen LogP contribution in [-0.2, 0) is 28.8 Å². The van der Waals surface area contributed by atoms with Gasteiger partial charge >= 0.3 is 16.3 Å². The molecule has 1 aliphatic heterocycles. The highest BCUT2D eigenvalue weighted by Gasteiger charge is 2.15. The Morgan fingerprint density at radius 3 is 2.19 bits per heavy atom. The van der Waals surface area contributed by atoms with E-state index in [-0.39, 0.29) is 11.7 Å². The maximum atomic E-state index is 10.7. The quantitative estimate of drug-likeness (QED) is 0.168. The molecule has 182 valence electrons. The summed E-state index contributed by atoms with van der Waals surface area (Å²) in [6, 6.07) is 0. The summed E-state index contributed by atoms with van der Waals surface area (Å²) in [5.74, 6) is -0.974. The monoisotopic (exact) mass is 464 g/mol. The third-order valence-corrected chi connectivity index (χ3v) is 5.23. The van der Waals surface area contributed by atoms with E-state index in [1.807, 2.05) is 0 Å². The van der Waals surface area contributed by atoms with Gasteiger partial charge in [0.05, 0.1) is 20.7 Å². The van der Waals surface area contributed by atoms with Crippen LogP contribution in [0, 0.1) is 0 Å². The van der Waals surface area contributed by atoms with E-state index in [2.05, 4.69) is 29.6 Å². The molecule has 0 radical (unpaired) electrons. The highest BCUT2D eigenvalue weighted by Crippen LogP contribution is 2.10. The van der Waals surface area contributed by atoms with Gasteiger partial charge in [-0.2, -0.15) is 8.42 Å². The highest BCUT2D eigenvalue weighted by atomic mass is 32.2. The Morgan fingerprint density at radius 1 is 1.10 bits per heavy atom. The van der Waals surface area contributed by atoms with E-state index >= 15 is 0 Å². The van der Waals surface area contributed by atoms with Crippen molar-refractivity contribution in [2.75, 3.05) is 40.6 Å². The van der Waals surface area contributed by atoms with Crippen molar-refractivity contribution in [3.05, 3.63) is 11.8 Å².